The number of hydrogen-bond acceptors (Lipinski definition) is 3. The van der Waals surface area contributed by atoms with Gasteiger partial charge in [0.2, 0.25) is 0 Å². The van der Waals surface area contributed by atoms with Crippen molar-refractivity contribution >= 4 is 11.6 Å². The first kappa shape index (κ1) is 20.5. The Hall–Kier alpha value is -3.27. The summed E-state index contributed by atoms with van der Waals surface area (Å²) in [5, 5.41) is 2.91. The van der Waals surface area contributed by atoms with E-state index in [1.807, 2.05) is 67.6 Å². The molecule has 0 aromatic heterocycles. The van der Waals surface area contributed by atoms with Crippen LogP contribution in [0, 0.1) is 0 Å². The fourth-order valence-electron chi connectivity index (χ4n) is 2.95. The highest BCUT2D eigenvalue weighted by atomic mass is 16.5. The van der Waals surface area contributed by atoms with Crippen LogP contribution >= 0.6 is 0 Å². The van der Waals surface area contributed by atoms with Gasteiger partial charge in [0.05, 0.1) is 6.61 Å². The van der Waals surface area contributed by atoms with Gasteiger partial charge in [0, 0.05) is 5.69 Å². The molecule has 0 aliphatic rings. The summed E-state index contributed by atoms with van der Waals surface area (Å²) in [5.41, 5.74) is 2.04. The third-order valence-electron chi connectivity index (χ3n) is 4.53. The van der Waals surface area contributed by atoms with Crippen molar-refractivity contribution in [2.24, 2.45) is 0 Å². The fourth-order valence-corrected chi connectivity index (χ4v) is 2.95. The number of carbonyl (C=O) groups is 1. The summed E-state index contributed by atoms with van der Waals surface area (Å²) in [6.07, 6.45) is 2.00. The van der Waals surface area contributed by atoms with Crippen molar-refractivity contribution < 1.29 is 14.3 Å². The molecule has 0 saturated carbocycles. The van der Waals surface area contributed by atoms with Gasteiger partial charge in [0.15, 0.2) is 6.10 Å². The molecule has 0 aliphatic carbocycles. The monoisotopic (exact) mass is 389 g/mol. The summed E-state index contributed by atoms with van der Waals surface area (Å²) in [6, 6.07) is 27.2. The van der Waals surface area contributed by atoms with Crippen molar-refractivity contribution in [2.75, 3.05) is 11.9 Å². The third-order valence-corrected chi connectivity index (χ3v) is 4.53. The maximum Gasteiger partial charge on any atom is 0.265 e. The molecule has 29 heavy (non-hydrogen) atoms. The van der Waals surface area contributed by atoms with Crippen LogP contribution in [-0.4, -0.2) is 18.6 Å². The number of amides is 1. The molecule has 4 heteroatoms. The first-order valence-corrected chi connectivity index (χ1v) is 10.0. The minimum atomic E-state index is -0.536. The van der Waals surface area contributed by atoms with Gasteiger partial charge in [0.1, 0.15) is 11.5 Å². The summed E-state index contributed by atoms with van der Waals surface area (Å²) in [6.45, 7) is 2.59. The lowest BCUT2D eigenvalue weighted by molar-refractivity contribution is -0.122. The van der Waals surface area contributed by atoms with Gasteiger partial charge in [-0.25, -0.2) is 0 Å². The summed E-state index contributed by atoms with van der Waals surface area (Å²) in [7, 11) is 0. The van der Waals surface area contributed by atoms with E-state index in [1.165, 1.54) is 5.56 Å². The number of benzene rings is 3. The number of rotatable bonds is 10. The lowest BCUT2D eigenvalue weighted by atomic mass is 10.1. The van der Waals surface area contributed by atoms with E-state index in [1.54, 1.807) is 0 Å². The third kappa shape index (κ3) is 6.68. The van der Waals surface area contributed by atoms with E-state index in [0.717, 1.165) is 24.3 Å². The standard InChI is InChI=1S/C25H27NO3/c1-2-24(29-23-13-7-4-8-14-23)25(27)26-21-15-17-22(18-16-21)28-19-9-12-20-10-5-3-6-11-20/h3-8,10-11,13-18,24H,2,9,12,19H2,1H3,(H,26,27). The van der Waals surface area contributed by atoms with Crippen LogP contribution in [0.2, 0.25) is 0 Å². The molecular formula is C25H27NO3. The highest BCUT2D eigenvalue weighted by Gasteiger charge is 2.18. The van der Waals surface area contributed by atoms with E-state index < -0.39 is 6.10 Å². The predicted molar refractivity (Wildman–Crippen MR) is 116 cm³/mol. The van der Waals surface area contributed by atoms with Crippen LogP contribution < -0.4 is 14.8 Å². The molecule has 3 rings (SSSR count). The molecule has 1 amide bonds. The van der Waals surface area contributed by atoms with E-state index in [9.17, 15) is 4.79 Å². The molecule has 1 N–H and O–H groups in total. The van der Waals surface area contributed by atoms with E-state index in [-0.39, 0.29) is 5.91 Å². The summed E-state index contributed by atoms with van der Waals surface area (Å²) < 4.78 is 11.6. The van der Waals surface area contributed by atoms with E-state index in [4.69, 9.17) is 9.47 Å². The minimum Gasteiger partial charge on any atom is -0.494 e. The van der Waals surface area contributed by atoms with Crippen molar-refractivity contribution in [1.29, 1.82) is 0 Å². The molecule has 0 radical (unpaired) electrons. The Bertz CT molecular complexity index is 864. The van der Waals surface area contributed by atoms with Gasteiger partial charge in [-0.2, -0.15) is 0 Å². The number of hydrogen-bond donors (Lipinski definition) is 1. The molecule has 4 nitrogen and oxygen atoms in total. The van der Waals surface area contributed by atoms with Gasteiger partial charge in [-0.15, -0.1) is 0 Å². The number of nitrogens with one attached hydrogen (secondary N) is 1. The van der Waals surface area contributed by atoms with Crippen LogP contribution in [-0.2, 0) is 11.2 Å². The Morgan fingerprint density at radius 3 is 2.17 bits per heavy atom. The zero-order valence-electron chi connectivity index (χ0n) is 16.7. The Morgan fingerprint density at radius 2 is 1.52 bits per heavy atom. The van der Waals surface area contributed by atoms with Gasteiger partial charge in [-0.05, 0) is 61.2 Å². The van der Waals surface area contributed by atoms with Crippen LogP contribution in [0.15, 0.2) is 84.9 Å². The van der Waals surface area contributed by atoms with Crippen LogP contribution in [0.4, 0.5) is 5.69 Å². The highest BCUT2D eigenvalue weighted by Crippen LogP contribution is 2.18. The lowest BCUT2D eigenvalue weighted by Gasteiger charge is -2.17. The van der Waals surface area contributed by atoms with Crippen molar-refractivity contribution in [3.8, 4) is 11.5 Å². The van der Waals surface area contributed by atoms with Gasteiger partial charge in [-0.3, -0.25) is 4.79 Å². The highest BCUT2D eigenvalue weighted by molar-refractivity contribution is 5.94. The van der Waals surface area contributed by atoms with Crippen LogP contribution in [0.5, 0.6) is 11.5 Å². The van der Waals surface area contributed by atoms with Gasteiger partial charge in [0.25, 0.3) is 5.91 Å². The zero-order valence-corrected chi connectivity index (χ0v) is 16.7. The number of aryl methyl sites for hydroxylation is 1. The average molecular weight is 389 g/mol. The van der Waals surface area contributed by atoms with E-state index in [2.05, 4.69) is 29.6 Å². The van der Waals surface area contributed by atoms with Crippen molar-refractivity contribution in [2.45, 2.75) is 32.3 Å². The molecule has 0 bridgehead atoms. The smallest absolute Gasteiger partial charge is 0.265 e. The number of para-hydroxylation sites is 1. The lowest BCUT2D eigenvalue weighted by Crippen LogP contribution is -2.32. The molecule has 3 aromatic rings. The Balaban J connectivity index is 1.44. The Morgan fingerprint density at radius 1 is 0.862 bits per heavy atom. The SMILES string of the molecule is CCC(Oc1ccccc1)C(=O)Nc1ccc(OCCCc2ccccc2)cc1. The first-order chi connectivity index (χ1) is 14.2. The predicted octanol–water partition coefficient (Wildman–Crippen LogP) is 5.49. The second-order valence-corrected chi connectivity index (χ2v) is 6.78. The molecular weight excluding hydrogens is 362 g/mol. The quantitative estimate of drug-likeness (QED) is 0.466. The Kier molecular flexibility index (Phi) is 7.70. The average Bonchev–Trinajstić information content (AvgIpc) is 2.77. The van der Waals surface area contributed by atoms with Crippen LogP contribution in [0.3, 0.4) is 0 Å². The van der Waals surface area contributed by atoms with Crippen molar-refractivity contribution in [3.63, 3.8) is 0 Å². The topological polar surface area (TPSA) is 47.6 Å². The zero-order chi connectivity index (χ0) is 20.3. The molecule has 3 aromatic carbocycles. The molecule has 150 valence electrons. The minimum absolute atomic E-state index is 0.159. The van der Waals surface area contributed by atoms with Gasteiger partial charge < -0.3 is 14.8 Å². The molecule has 0 aliphatic heterocycles. The van der Waals surface area contributed by atoms with E-state index >= 15 is 0 Å². The maximum absolute atomic E-state index is 12.5. The number of carbonyl (C=O) groups excluding carboxylic acids is 1. The fraction of sp³-hybridized carbons (Fsp3) is 0.240. The van der Waals surface area contributed by atoms with Crippen LogP contribution in [0.1, 0.15) is 25.3 Å². The normalized spacial score (nSPS) is 11.5. The largest absolute Gasteiger partial charge is 0.494 e. The second-order valence-electron chi connectivity index (χ2n) is 6.78. The summed E-state index contributed by atoms with van der Waals surface area (Å²) in [4.78, 5) is 12.5. The molecule has 0 fully saturated rings. The Labute approximate surface area is 172 Å². The molecule has 1 unspecified atom stereocenters. The summed E-state index contributed by atoms with van der Waals surface area (Å²) in [5.74, 6) is 1.32. The molecule has 0 saturated heterocycles. The van der Waals surface area contributed by atoms with Gasteiger partial charge >= 0.3 is 0 Å². The van der Waals surface area contributed by atoms with Crippen LogP contribution in [0.25, 0.3) is 0 Å². The molecule has 1 atom stereocenters. The summed E-state index contributed by atoms with van der Waals surface area (Å²) >= 11 is 0. The van der Waals surface area contributed by atoms with Crippen molar-refractivity contribution in [1.82, 2.24) is 0 Å². The van der Waals surface area contributed by atoms with Gasteiger partial charge in [-0.1, -0.05) is 55.5 Å². The second kappa shape index (κ2) is 10.9. The van der Waals surface area contributed by atoms with Crippen molar-refractivity contribution in [3.05, 3.63) is 90.5 Å². The maximum atomic E-state index is 12.5. The molecule has 0 heterocycles. The number of ether oxygens (including phenoxy) is 2. The molecule has 0 spiro atoms. The first-order valence-electron chi connectivity index (χ1n) is 10.0. The number of anilines is 1. The van der Waals surface area contributed by atoms with E-state index in [0.29, 0.717) is 18.8 Å².